The van der Waals surface area contributed by atoms with Gasteiger partial charge in [-0.25, -0.2) is 14.0 Å². The summed E-state index contributed by atoms with van der Waals surface area (Å²) in [5, 5.41) is 5.33. The second-order valence-electron chi connectivity index (χ2n) is 22.6. The van der Waals surface area contributed by atoms with E-state index in [4.69, 9.17) is 70.6 Å². The van der Waals surface area contributed by atoms with Crippen LogP contribution in [0.3, 0.4) is 0 Å². The molecule has 9 atom stereocenters. The Hall–Kier alpha value is -7.50. The molecule has 1 unspecified atom stereocenters. The van der Waals surface area contributed by atoms with Crippen LogP contribution in [0.25, 0.3) is 0 Å². The third-order valence-electron chi connectivity index (χ3n) is 15.0. The lowest BCUT2D eigenvalue weighted by molar-refractivity contribution is -0.279. The Morgan fingerprint density at radius 2 is 1.15 bits per heavy atom. The zero-order valence-corrected chi connectivity index (χ0v) is 56.2. The number of methoxy groups -OCH3 is 2. The van der Waals surface area contributed by atoms with Gasteiger partial charge < -0.3 is 72.2 Å². The van der Waals surface area contributed by atoms with Crippen molar-refractivity contribution >= 4 is 43.3 Å². The summed E-state index contributed by atoms with van der Waals surface area (Å²) in [6.45, 7) is 12.9. The molecule has 518 valence electrons. The molecule has 28 heteroatoms. The number of carbonyl (C=O) groups is 5. The number of rotatable bonds is 38. The van der Waals surface area contributed by atoms with Crippen molar-refractivity contribution in [3.63, 3.8) is 0 Å². The van der Waals surface area contributed by atoms with E-state index >= 15 is 4.57 Å². The highest BCUT2D eigenvalue weighted by Crippen LogP contribution is 2.57. The first-order chi connectivity index (χ1) is 45.7. The fraction of sp³-hybridized carbons (Fsp3) is 0.507. The maximum absolute atomic E-state index is 15.7. The first kappa shape index (κ1) is 74.9. The molecule has 2 aliphatic heterocycles. The smallest absolute Gasteiger partial charge is 0.409 e. The minimum atomic E-state index is -4.28. The minimum Gasteiger partial charge on any atom is -0.497 e. The number of ether oxygens (including phenoxy) is 13. The highest BCUT2D eigenvalue weighted by Gasteiger charge is 2.52. The number of nitrogens with one attached hydrogen (secondary N) is 2. The lowest BCUT2D eigenvalue weighted by Crippen LogP contribution is -2.66. The molecule has 0 bridgehead atoms. The van der Waals surface area contributed by atoms with Crippen molar-refractivity contribution in [3.8, 4) is 11.5 Å². The summed E-state index contributed by atoms with van der Waals surface area (Å²) < 4.78 is 108. The van der Waals surface area contributed by atoms with Gasteiger partial charge in [-0.3, -0.25) is 37.6 Å². The van der Waals surface area contributed by atoms with Gasteiger partial charge in [0.05, 0.1) is 86.9 Å². The van der Waals surface area contributed by atoms with E-state index in [1.807, 2.05) is 107 Å². The fourth-order valence-corrected chi connectivity index (χ4v) is 13.3. The second-order valence-corrected chi connectivity index (χ2v) is 24.4. The average Bonchev–Trinajstić information content (AvgIpc) is 1.45. The molecular weight excluding hydrogens is 1260 g/mol. The summed E-state index contributed by atoms with van der Waals surface area (Å²) in [4.78, 5) is 79.4. The van der Waals surface area contributed by atoms with Crippen molar-refractivity contribution in [2.75, 3.05) is 98.8 Å². The predicted octanol–water partition coefficient (Wildman–Crippen LogP) is 7.18. The maximum Gasteiger partial charge on any atom is 0.409 e. The molecular formula is C67H88N5O22P. The number of hydrogen-bond acceptors (Lipinski definition) is 23. The quantitative estimate of drug-likeness (QED) is 0.0130. The lowest BCUT2D eigenvalue weighted by atomic mass is 9.80. The number of nitrogens with zero attached hydrogens (tertiary/aromatic N) is 3. The number of benzene rings is 4. The Bertz CT molecular complexity index is 3270. The lowest BCUT2D eigenvalue weighted by Gasteiger charge is -2.44. The van der Waals surface area contributed by atoms with Crippen LogP contribution in [0.4, 0.5) is 5.82 Å². The highest BCUT2D eigenvalue weighted by atomic mass is 31.2. The number of anilines is 1. The summed E-state index contributed by atoms with van der Waals surface area (Å²) in [6, 6.07) is 33.0. The van der Waals surface area contributed by atoms with Crippen molar-refractivity contribution in [1.29, 1.82) is 0 Å². The molecule has 4 aromatic carbocycles. The molecule has 5 aromatic rings. The van der Waals surface area contributed by atoms with E-state index in [-0.39, 0.29) is 104 Å². The van der Waals surface area contributed by atoms with Crippen LogP contribution in [-0.2, 0) is 90.5 Å². The van der Waals surface area contributed by atoms with Crippen molar-refractivity contribution in [2.24, 2.45) is 0 Å². The van der Waals surface area contributed by atoms with Gasteiger partial charge in [0.1, 0.15) is 60.1 Å². The van der Waals surface area contributed by atoms with Crippen LogP contribution in [-0.4, -0.2) is 192 Å². The molecule has 2 amide bonds. The highest BCUT2D eigenvalue weighted by molar-refractivity contribution is 7.51. The van der Waals surface area contributed by atoms with Crippen LogP contribution in [0.5, 0.6) is 11.5 Å². The van der Waals surface area contributed by atoms with E-state index < -0.39 is 97.8 Å². The molecule has 95 heavy (non-hydrogen) atoms. The molecule has 2 saturated heterocycles. The topological polar surface area (TPSA) is 303 Å². The van der Waals surface area contributed by atoms with Crippen LogP contribution in [0.2, 0.25) is 0 Å². The van der Waals surface area contributed by atoms with Crippen molar-refractivity contribution in [2.45, 2.75) is 129 Å². The van der Waals surface area contributed by atoms with Crippen LogP contribution in [0, 0.1) is 0 Å². The normalized spacial score (nSPS) is 20.2. The molecule has 2 fully saturated rings. The molecule has 7 rings (SSSR count). The average molecular weight is 1350 g/mol. The Kier molecular flexibility index (Phi) is 29.3. The monoisotopic (exact) mass is 1350 g/mol. The van der Waals surface area contributed by atoms with E-state index in [0.29, 0.717) is 17.1 Å². The Morgan fingerprint density at radius 3 is 1.65 bits per heavy atom. The predicted molar refractivity (Wildman–Crippen MR) is 343 cm³/mol. The molecule has 2 N–H and O–H groups in total. The van der Waals surface area contributed by atoms with Crippen LogP contribution >= 0.6 is 7.75 Å². The summed E-state index contributed by atoms with van der Waals surface area (Å²) in [5.41, 5.74) is 0.636. The summed E-state index contributed by atoms with van der Waals surface area (Å²) in [7, 11) is -1.09. The molecule has 2 aliphatic rings. The minimum absolute atomic E-state index is 0.00296. The number of hydrogen-bond donors (Lipinski definition) is 2. The SMILES string of the molecule is COc1ccc(C(OC[C@H]2O[C@@H](n3ccc(NC(=O)c4ccccc4)nc3=O)C[C@@H]2OP(=O)(OCCOCCOCCOCCOCCO[C@@H]2O[C@H](COC(C)=O)[C@H](OC(C)=O)[C@H](OC(C)=O)[C@H]2NC(C)=O)N(C(C)C)C(C)C)(c2ccccc2)c2ccc(OC)cc2)cc1. The van der Waals surface area contributed by atoms with Crippen molar-refractivity contribution in [1.82, 2.24) is 19.5 Å². The second kappa shape index (κ2) is 37.1. The van der Waals surface area contributed by atoms with Gasteiger partial charge in [0.15, 0.2) is 18.5 Å². The molecule has 3 heterocycles. The molecule has 0 aliphatic carbocycles. The standard InChI is InChI=1S/C67H88N5O22P/c1-44(2)72(45(3)4)95(79,89-40-38-85-36-34-83-32-31-82-33-35-84-37-39-86-65-61(68-46(5)73)63(91-49(8)76)62(90-48(7)75)58(93-65)42-87-47(6)74)94-56-41-60(71-30-29-59(70-66(71)78)69-64(77)50-17-13-11-14-18-50)92-57(56)43-88-67(51-19-15-12-16-20-51,52-21-25-54(80-9)26-22-52)53-23-27-55(81-10)28-24-53/h11-30,44-45,56-58,60-63,65H,31-43H2,1-10H3,(H,68,73)(H,69,70,77,78)/t56-,57+,58+,60+,61+,62-,63+,65+,95?/m0/s1. The van der Waals surface area contributed by atoms with Gasteiger partial charge in [-0.05, 0) is 86.8 Å². The van der Waals surface area contributed by atoms with E-state index in [1.54, 1.807) is 49.2 Å². The van der Waals surface area contributed by atoms with E-state index in [2.05, 4.69) is 15.6 Å². The Morgan fingerprint density at radius 1 is 0.632 bits per heavy atom. The maximum atomic E-state index is 15.7. The first-order valence-electron chi connectivity index (χ1n) is 31.3. The van der Waals surface area contributed by atoms with Gasteiger partial charge in [-0.1, -0.05) is 72.8 Å². The van der Waals surface area contributed by atoms with Crippen molar-refractivity contribution < 1.29 is 99.2 Å². The van der Waals surface area contributed by atoms with Crippen molar-refractivity contribution in [3.05, 3.63) is 154 Å². The van der Waals surface area contributed by atoms with Crippen LogP contribution in [0.1, 0.15) is 95.1 Å². The molecule has 0 radical (unpaired) electrons. The molecule has 0 saturated carbocycles. The Balaban J connectivity index is 0.963. The fourth-order valence-electron chi connectivity index (χ4n) is 11.0. The van der Waals surface area contributed by atoms with Gasteiger partial charge in [-0.2, -0.15) is 4.98 Å². The molecule has 27 nitrogen and oxygen atoms in total. The third-order valence-corrected chi connectivity index (χ3v) is 17.6. The summed E-state index contributed by atoms with van der Waals surface area (Å²) in [6.07, 6.45) is -6.40. The van der Waals surface area contributed by atoms with Gasteiger partial charge in [0.25, 0.3) is 5.91 Å². The zero-order valence-electron chi connectivity index (χ0n) is 55.3. The number of amides is 2. The summed E-state index contributed by atoms with van der Waals surface area (Å²) >= 11 is 0. The largest absolute Gasteiger partial charge is 0.497 e. The van der Waals surface area contributed by atoms with Gasteiger partial charge in [-0.15, -0.1) is 0 Å². The van der Waals surface area contributed by atoms with Gasteiger partial charge in [0, 0.05) is 58.0 Å². The number of carbonyl (C=O) groups excluding carboxylic acids is 5. The number of esters is 3. The van der Waals surface area contributed by atoms with Crippen LogP contribution < -0.4 is 25.8 Å². The van der Waals surface area contributed by atoms with E-state index in [0.717, 1.165) is 30.5 Å². The zero-order chi connectivity index (χ0) is 68.5. The van der Waals surface area contributed by atoms with E-state index in [9.17, 15) is 28.8 Å². The first-order valence-corrected chi connectivity index (χ1v) is 32.8. The van der Waals surface area contributed by atoms with Crippen LogP contribution in [0.15, 0.2) is 126 Å². The molecule has 1 aromatic heterocycles. The van der Waals surface area contributed by atoms with Gasteiger partial charge in [0.2, 0.25) is 5.91 Å². The Labute approximate surface area is 553 Å². The summed E-state index contributed by atoms with van der Waals surface area (Å²) in [5.74, 6) is -1.74. The van der Waals surface area contributed by atoms with E-state index in [1.165, 1.54) is 30.7 Å². The molecule has 0 spiro atoms. The number of aromatic nitrogens is 2. The van der Waals surface area contributed by atoms with Gasteiger partial charge >= 0.3 is 31.3 Å². The third kappa shape index (κ3) is 21.5.